The van der Waals surface area contributed by atoms with Crippen molar-refractivity contribution in [3.05, 3.63) is 54.6 Å². The standard InChI is InChI=1S/C20H22N4OS3/c1-13(2)21-19-23-24-20(28-19)26-14(3)18(25)22-16-11-7-8-12-17(16)27-15-9-5-4-6-10-15/h4-14H,1-3H3,(H,21,23)(H,22,25). The molecule has 3 rings (SSSR count). The Balaban J connectivity index is 1.63. The fraction of sp³-hybridized carbons (Fsp3) is 0.250. The van der Waals surface area contributed by atoms with Gasteiger partial charge in [0.2, 0.25) is 11.0 Å². The van der Waals surface area contributed by atoms with E-state index < -0.39 is 0 Å². The first-order valence-corrected chi connectivity index (χ1v) is 11.4. The van der Waals surface area contributed by atoms with Crippen molar-refractivity contribution in [1.29, 1.82) is 0 Å². The number of nitrogens with zero attached hydrogens (tertiary/aromatic N) is 2. The molecule has 8 heteroatoms. The molecular weight excluding hydrogens is 408 g/mol. The predicted octanol–water partition coefficient (Wildman–Crippen LogP) is 5.63. The van der Waals surface area contributed by atoms with Crippen LogP contribution in [0.3, 0.4) is 0 Å². The van der Waals surface area contributed by atoms with Crippen LogP contribution in [-0.4, -0.2) is 27.4 Å². The molecule has 1 amide bonds. The molecule has 0 aliphatic heterocycles. The Hall–Kier alpha value is -2.03. The molecule has 0 saturated heterocycles. The summed E-state index contributed by atoms with van der Waals surface area (Å²) in [5, 5.41) is 15.0. The van der Waals surface area contributed by atoms with Crippen LogP contribution in [0.1, 0.15) is 20.8 Å². The van der Waals surface area contributed by atoms with Crippen LogP contribution in [0.5, 0.6) is 0 Å². The summed E-state index contributed by atoms with van der Waals surface area (Å²) in [7, 11) is 0. The summed E-state index contributed by atoms with van der Waals surface area (Å²) in [6.45, 7) is 5.98. The molecule has 1 atom stereocenters. The molecule has 3 aromatic rings. The van der Waals surface area contributed by atoms with Gasteiger partial charge in [0.15, 0.2) is 4.34 Å². The fourth-order valence-corrected chi connectivity index (χ4v) is 5.24. The molecule has 2 N–H and O–H groups in total. The average molecular weight is 431 g/mol. The van der Waals surface area contributed by atoms with Gasteiger partial charge in [0.05, 0.1) is 10.9 Å². The first kappa shape index (κ1) is 20.7. The topological polar surface area (TPSA) is 66.9 Å². The third-order valence-corrected chi connectivity index (χ3v) is 6.70. The van der Waals surface area contributed by atoms with Gasteiger partial charge in [-0.2, -0.15) is 0 Å². The summed E-state index contributed by atoms with van der Waals surface area (Å²) in [4.78, 5) is 14.8. The monoisotopic (exact) mass is 430 g/mol. The lowest BCUT2D eigenvalue weighted by Crippen LogP contribution is -2.22. The van der Waals surface area contributed by atoms with Gasteiger partial charge in [-0.25, -0.2) is 0 Å². The molecule has 2 aromatic carbocycles. The smallest absolute Gasteiger partial charge is 0.237 e. The maximum atomic E-state index is 12.7. The molecule has 0 saturated carbocycles. The van der Waals surface area contributed by atoms with E-state index in [4.69, 9.17) is 0 Å². The van der Waals surface area contributed by atoms with Crippen LogP contribution in [0.25, 0.3) is 0 Å². The molecule has 146 valence electrons. The summed E-state index contributed by atoms with van der Waals surface area (Å²) in [5.41, 5.74) is 0.813. The van der Waals surface area contributed by atoms with Gasteiger partial charge in [0.1, 0.15) is 0 Å². The Kier molecular flexibility index (Phi) is 7.36. The summed E-state index contributed by atoms with van der Waals surface area (Å²) < 4.78 is 0.776. The number of hydrogen-bond acceptors (Lipinski definition) is 7. The number of thioether (sulfide) groups is 1. The average Bonchev–Trinajstić information content (AvgIpc) is 3.10. The first-order chi connectivity index (χ1) is 13.5. The van der Waals surface area contributed by atoms with E-state index in [-0.39, 0.29) is 11.2 Å². The predicted molar refractivity (Wildman–Crippen MR) is 120 cm³/mol. The third-order valence-electron chi connectivity index (χ3n) is 3.58. The quantitative estimate of drug-likeness (QED) is 0.452. The van der Waals surface area contributed by atoms with Crippen LogP contribution in [0, 0.1) is 0 Å². The zero-order chi connectivity index (χ0) is 19.9. The molecular formula is C20H22N4OS3. The van der Waals surface area contributed by atoms with E-state index in [1.807, 2.05) is 49.4 Å². The molecule has 0 bridgehead atoms. The maximum Gasteiger partial charge on any atom is 0.237 e. The SMILES string of the molecule is CC(C)Nc1nnc(SC(C)C(=O)Nc2ccccc2Sc2ccccc2)s1. The number of amides is 1. The normalized spacial score (nSPS) is 12.0. The number of carbonyl (C=O) groups is 1. The second-order valence-electron chi connectivity index (χ2n) is 6.33. The van der Waals surface area contributed by atoms with Gasteiger partial charge in [-0.05, 0) is 45.0 Å². The summed E-state index contributed by atoms with van der Waals surface area (Å²) in [6, 6.07) is 18.3. The Labute approximate surface area is 177 Å². The summed E-state index contributed by atoms with van der Waals surface area (Å²) in [6.07, 6.45) is 0. The lowest BCUT2D eigenvalue weighted by atomic mass is 10.3. The largest absolute Gasteiger partial charge is 0.358 e. The van der Waals surface area contributed by atoms with Gasteiger partial charge in [-0.15, -0.1) is 10.2 Å². The molecule has 28 heavy (non-hydrogen) atoms. The number of aromatic nitrogens is 2. The van der Waals surface area contributed by atoms with Gasteiger partial charge >= 0.3 is 0 Å². The number of carbonyl (C=O) groups excluding carboxylic acids is 1. The highest BCUT2D eigenvalue weighted by atomic mass is 32.2. The van der Waals surface area contributed by atoms with Crippen LogP contribution < -0.4 is 10.6 Å². The van der Waals surface area contributed by atoms with Crippen molar-refractivity contribution in [2.45, 2.75) is 46.2 Å². The first-order valence-electron chi connectivity index (χ1n) is 8.91. The van der Waals surface area contributed by atoms with E-state index in [1.165, 1.54) is 23.1 Å². The highest BCUT2D eigenvalue weighted by Crippen LogP contribution is 2.34. The van der Waals surface area contributed by atoms with Crippen molar-refractivity contribution in [1.82, 2.24) is 10.2 Å². The highest BCUT2D eigenvalue weighted by molar-refractivity contribution is 8.02. The van der Waals surface area contributed by atoms with Crippen molar-refractivity contribution in [2.24, 2.45) is 0 Å². The Morgan fingerprint density at radius 3 is 2.46 bits per heavy atom. The van der Waals surface area contributed by atoms with Crippen molar-refractivity contribution < 1.29 is 4.79 Å². The minimum atomic E-state index is -0.283. The van der Waals surface area contributed by atoms with Crippen LogP contribution in [0.4, 0.5) is 10.8 Å². The van der Waals surface area contributed by atoms with Crippen molar-refractivity contribution in [3.63, 3.8) is 0 Å². The lowest BCUT2D eigenvalue weighted by Gasteiger charge is -2.13. The van der Waals surface area contributed by atoms with Gasteiger partial charge < -0.3 is 10.6 Å². The molecule has 5 nitrogen and oxygen atoms in total. The molecule has 1 heterocycles. The van der Waals surface area contributed by atoms with Crippen molar-refractivity contribution in [2.75, 3.05) is 10.6 Å². The van der Waals surface area contributed by atoms with Crippen LogP contribution in [0.15, 0.2) is 68.7 Å². The zero-order valence-corrected chi connectivity index (χ0v) is 18.3. The zero-order valence-electron chi connectivity index (χ0n) is 15.9. The highest BCUT2D eigenvalue weighted by Gasteiger charge is 2.18. The molecule has 0 fully saturated rings. The fourth-order valence-electron chi connectivity index (χ4n) is 2.28. The molecule has 0 spiro atoms. The number of para-hydroxylation sites is 1. The molecule has 0 radical (unpaired) electrons. The van der Waals surface area contributed by atoms with E-state index in [0.717, 1.165) is 24.9 Å². The number of nitrogens with one attached hydrogen (secondary N) is 2. The minimum Gasteiger partial charge on any atom is -0.358 e. The van der Waals surface area contributed by atoms with Gasteiger partial charge in [0.25, 0.3) is 0 Å². The van der Waals surface area contributed by atoms with E-state index in [2.05, 4.69) is 46.8 Å². The Morgan fingerprint density at radius 1 is 1.00 bits per heavy atom. The van der Waals surface area contributed by atoms with E-state index >= 15 is 0 Å². The molecule has 0 aliphatic carbocycles. The molecule has 1 unspecified atom stereocenters. The minimum absolute atomic E-state index is 0.0559. The van der Waals surface area contributed by atoms with Gasteiger partial charge in [0, 0.05) is 15.8 Å². The summed E-state index contributed by atoms with van der Waals surface area (Å²) >= 11 is 4.51. The maximum absolute atomic E-state index is 12.7. The Bertz CT molecular complexity index is 915. The summed E-state index contributed by atoms with van der Waals surface area (Å²) in [5.74, 6) is -0.0559. The number of hydrogen-bond donors (Lipinski definition) is 2. The number of anilines is 2. The second-order valence-corrected chi connectivity index (χ2v) is 10.0. The van der Waals surface area contributed by atoms with Crippen LogP contribution in [-0.2, 0) is 4.79 Å². The van der Waals surface area contributed by atoms with Gasteiger partial charge in [-0.3, -0.25) is 4.79 Å². The number of benzene rings is 2. The van der Waals surface area contributed by atoms with Crippen molar-refractivity contribution >= 4 is 51.6 Å². The van der Waals surface area contributed by atoms with Gasteiger partial charge in [-0.1, -0.05) is 65.2 Å². The molecule has 0 aliphatic rings. The van der Waals surface area contributed by atoms with Crippen LogP contribution in [0.2, 0.25) is 0 Å². The van der Waals surface area contributed by atoms with E-state index in [9.17, 15) is 4.79 Å². The van der Waals surface area contributed by atoms with E-state index in [0.29, 0.717) is 6.04 Å². The number of rotatable bonds is 8. The lowest BCUT2D eigenvalue weighted by molar-refractivity contribution is -0.115. The Morgan fingerprint density at radius 2 is 1.71 bits per heavy atom. The third kappa shape index (κ3) is 5.98. The van der Waals surface area contributed by atoms with Crippen LogP contribution >= 0.6 is 34.9 Å². The second kappa shape index (κ2) is 9.95. The van der Waals surface area contributed by atoms with Crippen molar-refractivity contribution in [3.8, 4) is 0 Å². The van der Waals surface area contributed by atoms with E-state index in [1.54, 1.807) is 11.8 Å². The molecule has 1 aromatic heterocycles.